The van der Waals surface area contributed by atoms with E-state index in [2.05, 4.69) is 28.5 Å². The first-order valence-electron chi connectivity index (χ1n) is 14.1. The van der Waals surface area contributed by atoms with Gasteiger partial charge in [0.25, 0.3) is 5.65 Å². The molecule has 1 spiro atoms. The van der Waals surface area contributed by atoms with Crippen LogP contribution in [0.15, 0.2) is 91.6 Å². The molecule has 1 saturated heterocycles. The Hall–Kier alpha value is -5.13. The van der Waals surface area contributed by atoms with Gasteiger partial charge in [-0.2, -0.15) is 4.40 Å². The number of amides is 1. The number of hydrogen-bond acceptors (Lipinski definition) is 6. The number of aromatic nitrogens is 6. The Morgan fingerprint density at radius 1 is 1.00 bits per heavy atom. The highest BCUT2D eigenvalue weighted by Gasteiger charge is 2.60. The molecule has 2 aromatic carbocycles. The summed E-state index contributed by atoms with van der Waals surface area (Å²) in [5.74, 6) is -0.0391. The maximum atomic E-state index is 11.8. The summed E-state index contributed by atoms with van der Waals surface area (Å²) in [4.78, 5) is 21.2. The molecule has 11 nitrogen and oxygen atoms in total. The second kappa shape index (κ2) is 9.45. The number of imidazole rings is 1. The van der Waals surface area contributed by atoms with Gasteiger partial charge in [-0.05, 0) is 35.4 Å². The van der Waals surface area contributed by atoms with E-state index < -0.39 is 17.4 Å². The van der Waals surface area contributed by atoms with Gasteiger partial charge in [-0.3, -0.25) is 4.98 Å². The fourth-order valence-electron chi connectivity index (χ4n) is 6.44. The van der Waals surface area contributed by atoms with E-state index in [-0.39, 0.29) is 0 Å². The van der Waals surface area contributed by atoms with Crippen molar-refractivity contribution >= 4 is 22.6 Å². The summed E-state index contributed by atoms with van der Waals surface area (Å²) in [6, 6.07) is 22.1. The highest BCUT2D eigenvalue weighted by atomic mass is 16.7. The fourth-order valence-corrected chi connectivity index (χ4v) is 6.44. The zero-order chi connectivity index (χ0) is 29.2. The van der Waals surface area contributed by atoms with Crippen molar-refractivity contribution in [3.05, 3.63) is 97.2 Å². The van der Waals surface area contributed by atoms with Crippen molar-refractivity contribution in [3.8, 4) is 28.3 Å². The van der Waals surface area contributed by atoms with E-state index in [1.54, 1.807) is 6.33 Å². The minimum absolute atomic E-state index is 0.411. The van der Waals surface area contributed by atoms with Gasteiger partial charge in [-0.25, -0.2) is 9.78 Å². The molecule has 43 heavy (non-hydrogen) atoms. The number of ether oxygens (including phenoxy) is 2. The molecule has 6 aromatic rings. The van der Waals surface area contributed by atoms with Crippen molar-refractivity contribution in [2.24, 2.45) is 7.05 Å². The Morgan fingerprint density at radius 3 is 2.47 bits per heavy atom. The normalized spacial score (nSPS) is 17.0. The standard InChI is InChI=1S/C32H27N7O4/c1-37-17-27(34-20-37)28-36-39(29-25-15-22(21-5-3-2-4-6-21)16-33-26(25)11-12-38(28)29)24-9-7-23(8-10-24)31(35-30(40)41)18-32(19-31)42-13-14-43-32/h2-12,15-17,20,35H,13-14,18-19H2,1H3/p+1. The molecule has 11 heteroatoms. The van der Waals surface area contributed by atoms with Crippen LogP contribution in [0, 0.1) is 0 Å². The number of hydrogen-bond donors (Lipinski definition) is 2. The maximum absolute atomic E-state index is 11.8. The summed E-state index contributed by atoms with van der Waals surface area (Å²) in [5.41, 5.74) is 5.35. The first-order valence-corrected chi connectivity index (χ1v) is 14.1. The lowest BCUT2D eigenvalue weighted by atomic mass is 9.67. The number of nitrogens with one attached hydrogen (secondary N) is 1. The molecule has 1 aliphatic heterocycles. The zero-order valence-corrected chi connectivity index (χ0v) is 23.3. The molecule has 2 fully saturated rings. The molecule has 0 atom stereocenters. The Kier molecular flexibility index (Phi) is 5.62. The molecule has 214 valence electrons. The number of fused-ring (bicyclic) bond motifs is 3. The number of carbonyl (C=O) groups is 1. The lowest BCUT2D eigenvalue weighted by Crippen LogP contribution is -2.63. The Balaban J connectivity index is 1.28. The molecular formula is C32H28N7O4+. The number of nitrogens with zero attached hydrogens (tertiary/aromatic N) is 6. The lowest BCUT2D eigenvalue weighted by molar-refractivity contribution is -0.498. The van der Waals surface area contributed by atoms with Crippen LogP contribution < -0.4 is 9.72 Å². The van der Waals surface area contributed by atoms with Crippen molar-refractivity contribution < 1.29 is 23.8 Å². The molecule has 8 rings (SSSR count). The van der Waals surface area contributed by atoms with Crippen molar-refractivity contribution in [2.45, 2.75) is 24.2 Å². The van der Waals surface area contributed by atoms with Crippen LogP contribution in [0.1, 0.15) is 18.4 Å². The van der Waals surface area contributed by atoms with Gasteiger partial charge in [0.15, 0.2) is 11.5 Å². The van der Waals surface area contributed by atoms with E-state index in [0.717, 1.165) is 44.6 Å². The number of aryl methyl sites for hydroxylation is 1. The third-order valence-corrected chi connectivity index (χ3v) is 8.40. The van der Waals surface area contributed by atoms with Gasteiger partial charge in [0, 0.05) is 37.8 Å². The van der Waals surface area contributed by atoms with E-state index in [0.29, 0.717) is 31.9 Å². The van der Waals surface area contributed by atoms with Gasteiger partial charge in [0.1, 0.15) is 5.69 Å². The Labute approximate surface area is 246 Å². The van der Waals surface area contributed by atoms with Crippen LogP contribution in [0.4, 0.5) is 4.79 Å². The SMILES string of the molecule is Cn1cnc(-c2nn(-c3ccc(C4(NC(=O)O)CC5(C4)OCCO5)cc3)c3c4cc(-c5ccccc5)cnc4cc[n+]23)c1. The second-order valence-corrected chi connectivity index (χ2v) is 11.2. The van der Waals surface area contributed by atoms with Crippen molar-refractivity contribution in [1.29, 1.82) is 0 Å². The van der Waals surface area contributed by atoms with Crippen LogP contribution in [0.25, 0.3) is 44.9 Å². The van der Waals surface area contributed by atoms with Crippen molar-refractivity contribution in [3.63, 3.8) is 0 Å². The molecule has 0 unspecified atom stereocenters. The molecule has 2 aliphatic rings. The predicted molar refractivity (Wildman–Crippen MR) is 156 cm³/mol. The molecule has 4 aromatic heterocycles. The summed E-state index contributed by atoms with van der Waals surface area (Å²) in [5, 5.41) is 18.4. The Morgan fingerprint density at radius 2 is 1.77 bits per heavy atom. The van der Waals surface area contributed by atoms with Crippen LogP contribution >= 0.6 is 0 Å². The van der Waals surface area contributed by atoms with Gasteiger partial charge in [0.2, 0.25) is 0 Å². The minimum Gasteiger partial charge on any atom is -0.465 e. The van der Waals surface area contributed by atoms with E-state index in [4.69, 9.17) is 19.6 Å². The van der Waals surface area contributed by atoms with Crippen LogP contribution in [0.5, 0.6) is 0 Å². The summed E-state index contributed by atoms with van der Waals surface area (Å²) >= 11 is 0. The van der Waals surface area contributed by atoms with E-state index in [1.807, 2.05) is 87.8 Å². The van der Waals surface area contributed by atoms with E-state index >= 15 is 0 Å². The average Bonchev–Trinajstić information content (AvgIpc) is 3.75. The van der Waals surface area contributed by atoms with Gasteiger partial charge in [-0.1, -0.05) is 47.1 Å². The third kappa shape index (κ3) is 4.16. The number of pyridine rings is 2. The largest absolute Gasteiger partial charge is 0.465 e. The topological polar surface area (TPSA) is 120 Å². The molecule has 1 saturated carbocycles. The highest BCUT2D eigenvalue weighted by Crippen LogP contribution is 2.52. The second-order valence-electron chi connectivity index (χ2n) is 11.2. The number of rotatable bonds is 5. The van der Waals surface area contributed by atoms with Gasteiger partial charge >= 0.3 is 11.9 Å². The van der Waals surface area contributed by atoms with E-state index in [1.165, 1.54) is 0 Å². The van der Waals surface area contributed by atoms with Crippen LogP contribution in [0.2, 0.25) is 0 Å². The number of benzene rings is 2. The van der Waals surface area contributed by atoms with Gasteiger partial charge < -0.3 is 24.5 Å². The molecule has 2 N–H and O–H groups in total. The van der Waals surface area contributed by atoms with Crippen molar-refractivity contribution in [1.82, 2.24) is 29.6 Å². The quantitative estimate of drug-likeness (QED) is 0.296. The first-order chi connectivity index (χ1) is 20.9. The number of carboxylic acid groups (broad SMARTS) is 1. The minimum atomic E-state index is -1.08. The fraction of sp³-hybridized carbons (Fsp3) is 0.219. The van der Waals surface area contributed by atoms with Crippen LogP contribution in [-0.2, 0) is 22.1 Å². The molecule has 0 bridgehead atoms. The predicted octanol–water partition coefficient (Wildman–Crippen LogP) is 4.23. The van der Waals surface area contributed by atoms with Crippen LogP contribution in [0.3, 0.4) is 0 Å². The molecular weight excluding hydrogens is 546 g/mol. The lowest BCUT2D eigenvalue weighted by Gasteiger charge is -2.52. The molecule has 1 amide bonds. The molecule has 1 aliphatic carbocycles. The summed E-state index contributed by atoms with van der Waals surface area (Å²) < 4.78 is 17.5. The maximum Gasteiger partial charge on any atom is 0.405 e. The first kappa shape index (κ1) is 25.6. The summed E-state index contributed by atoms with van der Waals surface area (Å²) in [6.07, 6.45) is 7.29. The molecule has 0 radical (unpaired) electrons. The van der Waals surface area contributed by atoms with Crippen molar-refractivity contribution in [2.75, 3.05) is 13.2 Å². The van der Waals surface area contributed by atoms with Gasteiger partial charge in [0.05, 0.1) is 47.3 Å². The van der Waals surface area contributed by atoms with E-state index in [9.17, 15) is 9.90 Å². The smallest absolute Gasteiger partial charge is 0.405 e. The summed E-state index contributed by atoms with van der Waals surface area (Å²) in [7, 11) is 1.93. The highest BCUT2D eigenvalue weighted by molar-refractivity contribution is 5.93. The Bertz CT molecular complexity index is 2000. The third-order valence-electron chi connectivity index (χ3n) is 8.40. The monoisotopic (exact) mass is 574 g/mol. The molecule has 5 heterocycles. The van der Waals surface area contributed by atoms with Crippen LogP contribution in [-0.4, -0.2) is 54.5 Å². The summed E-state index contributed by atoms with van der Waals surface area (Å²) in [6.45, 7) is 1.03. The van der Waals surface area contributed by atoms with Gasteiger partial charge in [-0.15, -0.1) is 0 Å². The average molecular weight is 575 g/mol. The zero-order valence-electron chi connectivity index (χ0n) is 23.3.